The smallest absolute Gasteiger partial charge is 0.420 e. The molecule has 15 heavy (non-hydrogen) atoms. The number of nitrogens with zero attached hydrogens (tertiary/aromatic N) is 2. The summed E-state index contributed by atoms with van der Waals surface area (Å²) in [5.41, 5.74) is 8.07. The molecule has 6 heteroatoms. The zero-order valence-electron chi connectivity index (χ0n) is 8.08. The van der Waals surface area contributed by atoms with Crippen LogP contribution in [0.1, 0.15) is 18.8 Å². The summed E-state index contributed by atoms with van der Waals surface area (Å²) >= 11 is 0. The summed E-state index contributed by atoms with van der Waals surface area (Å²) in [6, 6.07) is 2.99. The van der Waals surface area contributed by atoms with E-state index in [0.29, 0.717) is 0 Å². The van der Waals surface area contributed by atoms with Crippen LogP contribution in [-0.2, 0) is 9.53 Å². The maximum Gasteiger partial charge on any atom is 0.420 e. The van der Waals surface area contributed by atoms with Crippen molar-refractivity contribution < 1.29 is 23.8 Å². The standard InChI is InChI=1S/C9H10N2O4/c1-2-14-9(13)7(11-10)8(12)6-4-3-5-15-6/h3-5,8,12H,2H2,1H3/t8-/m1/s1. The summed E-state index contributed by atoms with van der Waals surface area (Å²) in [5.74, 6) is -0.778. The number of esters is 1. The Balaban J connectivity index is 2.85. The van der Waals surface area contributed by atoms with Crippen molar-refractivity contribution in [1.29, 1.82) is 0 Å². The highest BCUT2D eigenvalue weighted by Crippen LogP contribution is 2.14. The molecule has 0 saturated carbocycles. The first-order valence-corrected chi connectivity index (χ1v) is 4.31. The van der Waals surface area contributed by atoms with Gasteiger partial charge in [0.15, 0.2) is 0 Å². The molecule has 6 nitrogen and oxygen atoms in total. The van der Waals surface area contributed by atoms with Gasteiger partial charge < -0.3 is 19.8 Å². The summed E-state index contributed by atoms with van der Waals surface area (Å²) in [4.78, 5) is 13.9. The third-order valence-corrected chi connectivity index (χ3v) is 1.66. The fraction of sp³-hybridized carbons (Fsp3) is 0.333. The molecule has 1 aromatic heterocycles. The van der Waals surface area contributed by atoms with Gasteiger partial charge in [0.25, 0.3) is 0 Å². The predicted molar refractivity (Wildman–Crippen MR) is 48.9 cm³/mol. The van der Waals surface area contributed by atoms with E-state index in [0.717, 1.165) is 0 Å². The first-order chi connectivity index (χ1) is 7.20. The van der Waals surface area contributed by atoms with Crippen LogP contribution in [0.2, 0.25) is 0 Å². The SMILES string of the molecule is CCOC(=O)C(=[N+]=[N-])[C@H](O)c1ccco1. The van der Waals surface area contributed by atoms with Crippen molar-refractivity contribution in [2.24, 2.45) is 0 Å². The van der Waals surface area contributed by atoms with Crippen molar-refractivity contribution in [1.82, 2.24) is 0 Å². The van der Waals surface area contributed by atoms with Crippen LogP contribution in [-0.4, -0.2) is 28.2 Å². The quantitative estimate of drug-likeness (QED) is 0.339. The first-order valence-electron chi connectivity index (χ1n) is 4.31. The van der Waals surface area contributed by atoms with Gasteiger partial charge in [0.2, 0.25) is 6.10 Å². The Labute approximate surface area is 85.7 Å². The largest absolute Gasteiger partial charge is 0.466 e. The number of hydrogen-bond acceptors (Lipinski definition) is 4. The van der Waals surface area contributed by atoms with Gasteiger partial charge in [-0.05, 0) is 19.1 Å². The Kier molecular flexibility index (Phi) is 3.79. The Morgan fingerprint density at radius 3 is 3.00 bits per heavy atom. The van der Waals surface area contributed by atoms with Gasteiger partial charge in [-0.1, -0.05) is 0 Å². The minimum Gasteiger partial charge on any atom is -0.466 e. The molecule has 0 aliphatic heterocycles. The van der Waals surface area contributed by atoms with Gasteiger partial charge in [0, 0.05) is 0 Å². The van der Waals surface area contributed by atoms with Gasteiger partial charge in [0.1, 0.15) is 5.76 Å². The fourth-order valence-corrected chi connectivity index (χ4v) is 0.994. The van der Waals surface area contributed by atoms with Crippen LogP contribution in [0.4, 0.5) is 0 Å². The number of rotatable bonds is 4. The summed E-state index contributed by atoms with van der Waals surface area (Å²) in [7, 11) is 0. The van der Waals surface area contributed by atoms with Crippen molar-refractivity contribution in [2.45, 2.75) is 13.0 Å². The Hall–Kier alpha value is -1.91. The molecule has 0 aliphatic rings. The lowest BCUT2D eigenvalue weighted by Crippen LogP contribution is -2.25. The van der Waals surface area contributed by atoms with Gasteiger partial charge in [-0.2, -0.15) is 4.79 Å². The normalized spacial score (nSPS) is 11.6. The number of carbonyl (C=O) groups excluding carboxylic acids is 1. The molecule has 1 heterocycles. The Bertz CT molecular complexity index is 379. The average molecular weight is 210 g/mol. The second kappa shape index (κ2) is 5.09. The zero-order chi connectivity index (χ0) is 11.3. The van der Waals surface area contributed by atoms with Crippen LogP contribution in [0.5, 0.6) is 0 Å². The molecule has 0 radical (unpaired) electrons. The Morgan fingerprint density at radius 1 is 1.80 bits per heavy atom. The van der Waals surface area contributed by atoms with Crippen LogP contribution in [0.25, 0.3) is 5.53 Å². The lowest BCUT2D eigenvalue weighted by molar-refractivity contribution is -0.141. The molecule has 0 spiro atoms. The number of aliphatic hydroxyl groups is 1. The van der Waals surface area contributed by atoms with Gasteiger partial charge in [-0.15, -0.1) is 0 Å². The molecule has 1 atom stereocenters. The van der Waals surface area contributed by atoms with Gasteiger partial charge in [0.05, 0.1) is 12.9 Å². The molecule has 80 valence electrons. The third-order valence-electron chi connectivity index (χ3n) is 1.66. The molecule has 0 fully saturated rings. The Morgan fingerprint density at radius 2 is 2.53 bits per heavy atom. The second-order valence-corrected chi connectivity index (χ2v) is 2.62. The van der Waals surface area contributed by atoms with E-state index in [9.17, 15) is 9.90 Å². The van der Waals surface area contributed by atoms with Crippen molar-refractivity contribution in [2.75, 3.05) is 6.61 Å². The van der Waals surface area contributed by atoms with Crippen LogP contribution < -0.4 is 0 Å². The highest BCUT2D eigenvalue weighted by molar-refractivity contribution is 6.35. The van der Waals surface area contributed by atoms with Crippen LogP contribution >= 0.6 is 0 Å². The van der Waals surface area contributed by atoms with E-state index in [-0.39, 0.29) is 12.4 Å². The van der Waals surface area contributed by atoms with E-state index in [1.165, 1.54) is 12.3 Å². The molecular formula is C9H10N2O4. The number of furan rings is 1. The number of aliphatic hydroxyl groups excluding tert-OH is 1. The van der Waals surface area contributed by atoms with E-state index in [2.05, 4.69) is 9.53 Å². The highest BCUT2D eigenvalue weighted by Gasteiger charge is 2.34. The molecular weight excluding hydrogens is 200 g/mol. The molecule has 0 aliphatic carbocycles. The number of carbonyl (C=O) groups is 1. The van der Waals surface area contributed by atoms with Crippen molar-refractivity contribution >= 4 is 11.7 Å². The topological polar surface area (TPSA) is 96.1 Å². The average Bonchev–Trinajstić information content (AvgIpc) is 2.71. The van der Waals surface area contributed by atoms with Crippen molar-refractivity contribution in [3.8, 4) is 0 Å². The number of ether oxygens (including phenoxy) is 1. The minimum atomic E-state index is -1.43. The fourth-order valence-electron chi connectivity index (χ4n) is 0.994. The first kappa shape index (κ1) is 11.2. The lowest BCUT2D eigenvalue weighted by Gasteiger charge is -2.02. The van der Waals surface area contributed by atoms with Gasteiger partial charge in [-0.3, -0.25) is 0 Å². The van der Waals surface area contributed by atoms with Crippen molar-refractivity contribution in [3.05, 3.63) is 29.7 Å². The molecule has 0 bridgehead atoms. The third kappa shape index (κ3) is 2.52. The predicted octanol–water partition coefficient (Wildman–Crippen LogP) is 0.547. The van der Waals surface area contributed by atoms with E-state index in [1.807, 2.05) is 0 Å². The second-order valence-electron chi connectivity index (χ2n) is 2.62. The summed E-state index contributed by atoms with van der Waals surface area (Å²) in [6.07, 6.45) is -0.0948. The van der Waals surface area contributed by atoms with Crippen LogP contribution in [0.3, 0.4) is 0 Å². The monoisotopic (exact) mass is 210 g/mol. The molecule has 1 aromatic rings. The van der Waals surface area contributed by atoms with Gasteiger partial charge in [-0.25, -0.2) is 4.79 Å². The zero-order valence-corrected chi connectivity index (χ0v) is 8.08. The van der Waals surface area contributed by atoms with Crippen molar-refractivity contribution in [3.63, 3.8) is 0 Å². The van der Waals surface area contributed by atoms with E-state index < -0.39 is 17.8 Å². The summed E-state index contributed by atoms with van der Waals surface area (Å²) in [6.45, 7) is 1.73. The molecule has 0 unspecified atom stereocenters. The van der Waals surface area contributed by atoms with Crippen LogP contribution in [0, 0.1) is 0 Å². The van der Waals surface area contributed by atoms with Crippen LogP contribution in [0.15, 0.2) is 22.8 Å². The van der Waals surface area contributed by atoms with Gasteiger partial charge >= 0.3 is 11.7 Å². The molecule has 0 saturated heterocycles. The molecule has 1 N–H and O–H groups in total. The summed E-state index contributed by atoms with van der Waals surface area (Å²) < 4.78 is 9.44. The van der Waals surface area contributed by atoms with E-state index in [1.54, 1.807) is 13.0 Å². The molecule has 1 rings (SSSR count). The van der Waals surface area contributed by atoms with E-state index in [4.69, 9.17) is 9.95 Å². The number of hydrogen-bond donors (Lipinski definition) is 1. The molecule has 0 amide bonds. The maximum absolute atomic E-state index is 11.2. The summed E-state index contributed by atoms with van der Waals surface area (Å²) in [5, 5.41) is 9.58. The lowest BCUT2D eigenvalue weighted by atomic mass is 10.2. The maximum atomic E-state index is 11.2. The minimum absolute atomic E-state index is 0.107. The van der Waals surface area contributed by atoms with E-state index >= 15 is 0 Å². The molecule has 0 aromatic carbocycles. The highest BCUT2D eigenvalue weighted by atomic mass is 16.5.